The second kappa shape index (κ2) is 9.40. The molecule has 0 unspecified atom stereocenters. The molecule has 1 aromatic heterocycles. The molecule has 0 atom stereocenters. The second-order valence-corrected chi connectivity index (χ2v) is 9.38. The Hall–Kier alpha value is -2.72. The number of methoxy groups -OCH3 is 1. The van der Waals surface area contributed by atoms with Gasteiger partial charge >= 0.3 is 0 Å². The van der Waals surface area contributed by atoms with Crippen molar-refractivity contribution in [3.63, 3.8) is 0 Å². The largest absolute Gasteiger partial charge is 0.481 e. The summed E-state index contributed by atoms with van der Waals surface area (Å²) in [7, 11) is -2.07. The summed E-state index contributed by atoms with van der Waals surface area (Å²) in [5.41, 5.74) is 6.34. The number of nitrogens with one attached hydrogen (secondary N) is 2. The standard InChI is InChI=1S/C20H27N5O4S/c1-14(2)15-4-6-17(7-5-15)30(27,28)25-12-9-16(10-13-25)19(26)23-24-20-21-11-8-18(22-20)29-3/h4-8,11,14,16H,9-10,12-13H2,1-3H3,(H,23,26)(H,21,22,24). The van der Waals surface area contributed by atoms with Crippen LogP contribution in [0.5, 0.6) is 5.88 Å². The Labute approximate surface area is 176 Å². The number of anilines is 1. The summed E-state index contributed by atoms with van der Waals surface area (Å²) in [6.07, 6.45) is 2.39. The predicted octanol–water partition coefficient (Wildman–Crippen LogP) is 2.15. The molecule has 9 nitrogen and oxygen atoms in total. The molecule has 1 saturated heterocycles. The maximum atomic E-state index is 12.9. The molecule has 0 saturated carbocycles. The van der Waals surface area contributed by atoms with E-state index in [2.05, 4.69) is 34.7 Å². The predicted molar refractivity (Wildman–Crippen MR) is 112 cm³/mol. The lowest BCUT2D eigenvalue weighted by atomic mass is 9.98. The molecule has 0 radical (unpaired) electrons. The van der Waals surface area contributed by atoms with Crippen molar-refractivity contribution in [3.05, 3.63) is 42.1 Å². The topological polar surface area (TPSA) is 114 Å². The highest BCUT2D eigenvalue weighted by atomic mass is 32.2. The van der Waals surface area contributed by atoms with Gasteiger partial charge in [-0.2, -0.15) is 9.29 Å². The Kier molecular flexibility index (Phi) is 6.88. The first kappa shape index (κ1) is 22.0. The maximum Gasteiger partial charge on any atom is 0.245 e. The zero-order valence-corrected chi connectivity index (χ0v) is 18.1. The van der Waals surface area contributed by atoms with E-state index >= 15 is 0 Å². The van der Waals surface area contributed by atoms with Gasteiger partial charge in [0.15, 0.2) is 0 Å². The summed E-state index contributed by atoms with van der Waals surface area (Å²) in [6.45, 7) is 4.72. The Bertz CT molecular complexity index is 971. The SMILES string of the molecule is COc1ccnc(NNC(=O)C2CCN(S(=O)(=O)c3ccc(C(C)C)cc3)CC2)n1. The van der Waals surface area contributed by atoms with Crippen molar-refractivity contribution in [2.45, 2.75) is 37.5 Å². The van der Waals surface area contributed by atoms with Crippen LogP contribution >= 0.6 is 0 Å². The number of piperidine rings is 1. The fraction of sp³-hybridized carbons (Fsp3) is 0.450. The number of hydrogen-bond acceptors (Lipinski definition) is 7. The first-order valence-electron chi connectivity index (χ1n) is 9.84. The first-order valence-corrected chi connectivity index (χ1v) is 11.3. The van der Waals surface area contributed by atoms with Crippen LogP contribution in [0.1, 0.15) is 38.2 Å². The molecular weight excluding hydrogens is 406 g/mol. The number of ether oxygens (including phenoxy) is 1. The lowest BCUT2D eigenvalue weighted by Crippen LogP contribution is -2.44. The van der Waals surface area contributed by atoms with E-state index in [1.807, 2.05) is 12.1 Å². The maximum absolute atomic E-state index is 12.9. The molecule has 1 aliphatic rings. The van der Waals surface area contributed by atoms with Crippen LogP contribution in [0.2, 0.25) is 0 Å². The Morgan fingerprint density at radius 1 is 1.17 bits per heavy atom. The highest BCUT2D eigenvalue weighted by Gasteiger charge is 2.32. The highest BCUT2D eigenvalue weighted by molar-refractivity contribution is 7.89. The van der Waals surface area contributed by atoms with Crippen molar-refractivity contribution in [1.82, 2.24) is 19.7 Å². The van der Waals surface area contributed by atoms with Gasteiger partial charge in [0.05, 0.1) is 12.0 Å². The lowest BCUT2D eigenvalue weighted by molar-refractivity contribution is -0.125. The van der Waals surface area contributed by atoms with Gasteiger partial charge in [-0.15, -0.1) is 0 Å². The fourth-order valence-corrected chi connectivity index (χ4v) is 4.74. The van der Waals surface area contributed by atoms with Gasteiger partial charge in [-0.05, 0) is 36.5 Å². The van der Waals surface area contributed by atoms with Gasteiger partial charge in [0.25, 0.3) is 0 Å². The Morgan fingerprint density at radius 2 is 1.83 bits per heavy atom. The van der Waals surface area contributed by atoms with Crippen LogP contribution in [0.3, 0.4) is 0 Å². The minimum absolute atomic E-state index is 0.215. The Balaban J connectivity index is 1.54. The van der Waals surface area contributed by atoms with Gasteiger partial charge in [0.1, 0.15) is 0 Å². The molecule has 1 fully saturated rings. The van der Waals surface area contributed by atoms with Crippen molar-refractivity contribution in [1.29, 1.82) is 0 Å². The summed E-state index contributed by atoms with van der Waals surface area (Å²) in [4.78, 5) is 20.8. The van der Waals surface area contributed by atoms with E-state index in [0.717, 1.165) is 5.56 Å². The van der Waals surface area contributed by atoms with Crippen molar-refractivity contribution in [2.75, 3.05) is 25.6 Å². The van der Waals surface area contributed by atoms with Crippen LogP contribution in [-0.2, 0) is 14.8 Å². The molecule has 30 heavy (non-hydrogen) atoms. The van der Waals surface area contributed by atoms with Crippen LogP contribution < -0.4 is 15.6 Å². The molecule has 1 amide bonds. The number of nitrogens with zero attached hydrogens (tertiary/aromatic N) is 3. The molecule has 2 heterocycles. The summed E-state index contributed by atoms with van der Waals surface area (Å²) in [5, 5.41) is 0. The molecule has 0 bridgehead atoms. The van der Waals surface area contributed by atoms with E-state index in [-0.39, 0.29) is 22.7 Å². The van der Waals surface area contributed by atoms with Crippen molar-refractivity contribution < 1.29 is 17.9 Å². The van der Waals surface area contributed by atoms with Crippen molar-refractivity contribution >= 4 is 21.9 Å². The van der Waals surface area contributed by atoms with E-state index in [1.54, 1.807) is 18.2 Å². The number of sulfonamides is 1. The van der Waals surface area contributed by atoms with Gasteiger partial charge in [-0.25, -0.2) is 13.4 Å². The average molecular weight is 434 g/mol. The number of hydrogen-bond donors (Lipinski definition) is 2. The summed E-state index contributed by atoms with van der Waals surface area (Å²) in [5.74, 6) is 0.416. The monoisotopic (exact) mass is 433 g/mol. The molecule has 2 N–H and O–H groups in total. The van der Waals surface area contributed by atoms with Crippen LogP contribution in [-0.4, -0.2) is 48.8 Å². The number of rotatable bonds is 7. The lowest BCUT2D eigenvalue weighted by Gasteiger charge is -2.30. The zero-order chi connectivity index (χ0) is 21.7. The molecule has 10 heteroatoms. The van der Waals surface area contributed by atoms with Crippen molar-refractivity contribution in [3.8, 4) is 5.88 Å². The molecule has 0 aliphatic carbocycles. The summed E-state index contributed by atoms with van der Waals surface area (Å²) in [6, 6.07) is 8.61. The minimum Gasteiger partial charge on any atom is -0.481 e. The number of hydrazine groups is 1. The fourth-order valence-electron chi connectivity index (χ4n) is 3.27. The molecule has 1 aromatic carbocycles. The number of carbonyl (C=O) groups is 1. The van der Waals surface area contributed by atoms with E-state index in [0.29, 0.717) is 37.7 Å². The highest BCUT2D eigenvalue weighted by Crippen LogP contribution is 2.25. The molecule has 3 rings (SSSR count). The van der Waals surface area contributed by atoms with Crippen molar-refractivity contribution in [2.24, 2.45) is 5.92 Å². The number of carbonyl (C=O) groups excluding carboxylic acids is 1. The van der Waals surface area contributed by atoms with Crippen LogP contribution in [0.4, 0.5) is 5.95 Å². The first-order chi connectivity index (χ1) is 14.3. The normalized spacial score (nSPS) is 15.7. The molecule has 162 valence electrons. The minimum atomic E-state index is -3.56. The van der Waals surface area contributed by atoms with E-state index < -0.39 is 10.0 Å². The number of aromatic nitrogens is 2. The Morgan fingerprint density at radius 3 is 2.43 bits per heavy atom. The second-order valence-electron chi connectivity index (χ2n) is 7.44. The van der Waals surface area contributed by atoms with Gasteiger partial charge in [0.2, 0.25) is 27.8 Å². The average Bonchev–Trinajstić information content (AvgIpc) is 2.77. The third kappa shape index (κ3) is 5.06. The third-order valence-corrected chi connectivity index (χ3v) is 7.06. The van der Waals surface area contributed by atoms with E-state index in [4.69, 9.17) is 4.74 Å². The van der Waals surface area contributed by atoms with Crippen LogP contribution in [0.25, 0.3) is 0 Å². The summed E-state index contributed by atoms with van der Waals surface area (Å²) < 4.78 is 32.3. The van der Waals surface area contributed by atoms with E-state index in [9.17, 15) is 13.2 Å². The molecule has 0 spiro atoms. The zero-order valence-electron chi connectivity index (χ0n) is 17.3. The van der Waals surface area contributed by atoms with E-state index in [1.165, 1.54) is 17.6 Å². The smallest absolute Gasteiger partial charge is 0.245 e. The van der Waals surface area contributed by atoms with Crippen LogP contribution in [0, 0.1) is 5.92 Å². The molecular formula is C20H27N5O4S. The van der Waals surface area contributed by atoms with Crippen LogP contribution in [0.15, 0.2) is 41.4 Å². The molecule has 1 aliphatic heterocycles. The molecule has 2 aromatic rings. The summed E-state index contributed by atoms with van der Waals surface area (Å²) >= 11 is 0. The van der Waals surface area contributed by atoms with Gasteiger partial charge in [0, 0.05) is 31.3 Å². The van der Waals surface area contributed by atoms with Gasteiger partial charge in [-0.1, -0.05) is 26.0 Å². The van der Waals surface area contributed by atoms with Gasteiger partial charge in [-0.3, -0.25) is 15.6 Å². The van der Waals surface area contributed by atoms with Gasteiger partial charge < -0.3 is 4.74 Å². The quantitative estimate of drug-likeness (QED) is 0.643. The number of benzene rings is 1. The third-order valence-electron chi connectivity index (χ3n) is 5.15. The number of amides is 1.